The maximum atomic E-state index is 10.6. The summed E-state index contributed by atoms with van der Waals surface area (Å²) in [7, 11) is 0. The molecule has 0 saturated carbocycles. The van der Waals surface area contributed by atoms with E-state index in [1.165, 1.54) is 0 Å². The highest BCUT2D eigenvalue weighted by molar-refractivity contribution is 7.98. The number of nitrogen functional groups attached to an aromatic ring is 1. The van der Waals surface area contributed by atoms with Gasteiger partial charge in [0, 0.05) is 10.6 Å². The van der Waals surface area contributed by atoms with Gasteiger partial charge < -0.3 is 11.5 Å². The molecule has 70 valence electrons. The molecule has 1 rings (SSSR count). The summed E-state index contributed by atoms with van der Waals surface area (Å²) in [4.78, 5) is 11.6. The Balaban J connectivity index is 2.92. The van der Waals surface area contributed by atoms with E-state index >= 15 is 0 Å². The Kier molecular flexibility index (Phi) is 3.19. The summed E-state index contributed by atoms with van der Waals surface area (Å²) in [5.74, 6) is -0.322. The molecule has 4 N–H and O–H groups in total. The molecule has 0 saturated heterocycles. The van der Waals surface area contributed by atoms with E-state index in [0.29, 0.717) is 0 Å². The number of carbonyl (C=O) groups is 1. The van der Waals surface area contributed by atoms with E-state index in [0.717, 1.165) is 16.1 Å². The van der Waals surface area contributed by atoms with Crippen molar-refractivity contribution < 1.29 is 4.79 Å². The van der Waals surface area contributed by atoms with E-state index in [1.54, 1.807) is 17.8 Å². The zero-order valence-corrected chi connectivity index (χ0v) is 8.23. The maximum absolute atomic E-state index is 10.6. The van der Waals surface area contributed by atoms with E-state index < -0.39 is 0 Å². The van der Waals surface area contributed by atoms with Crippen LogP contribution < -0.4 is 11.5 Å². The van der Waals surface area contributed by atoms with Crippen LogP contribution in [0.15, 0.2) is 23.1 Å². The zero-order chi connectivity index (χ0) is 9.84. The number of hydrogen-bond acceptors (Lipinski definition) is 3. The molecule has 0 aliphatic carbocycles. The van der Waals surface area contributed by atoms with Crippen molar-refractivity contribution in [3.8, 4) is 0 Å². The molecule has 4 heteroatoms. The first-order chi connectivity index (χ1) is 6.13. The van der Waals surface area contributed by atoms with Crippen molar-refractivity contribution in [1.82, 2.24) is 0 Å². The summed E-state index contributed by atoms with van der Waals surface area (Å²) in [6.45, 7) is 0. The average molecular weight is 196 g/mol. The van der Waals surface area contributed by atoms with Gasteiger partial charge in [0.1, 0.15) is 0 Å². The number of benzene rings is 1. The summed E-state index contributed by atoms with van der Waals surface area (Å²) >= 11 is 1.56. The summed E-state index contributed by atoms with van der Waals surface area (Å²) in [6.07, 6.45) is 2.22. The van der Waals surface area contributed by atoms with Gasteiger partial charge in [-0.15, -0.1) is 11.8 Å². The topological polar surface area (TPSA) is 69.1 Å². The lowest BCUT2D eigenvalue weighted by Crippen LogP contribution is -2.13. The molecule has 1 aromatic carbocycles. The first-order valence-corrected chi connectivity index (χ1v) is 5.06. The fraction of sp³-hybridized carbons (Fsp3) is 0.222. The summed E-state index contributed by atoms with van der Waals surface area (Å²) in [6, 6.07) is 5.51. The molecule has 13 heavy (non-hydrogen) atoms. The standard InChI is InChI=1S/C9H12N2OS/c1-13-8-4-6(5-9(11)12)2-3-7(8)10/h2-4H,5,10H2,1H3,(H2,11,12). The highest BCUT2D eigenvalue weighted by atomic mass is 32.2. The van der Waals surface area contributed by atoms with Gasteiger partial charge in [0.15, 0.2) is 0 Å². The number of thioether (sulfide) groups is 1. The number of anilines is 1. The molecule has 0 aliphatic rings. The Hall–Kier alpha value is -1.16. The molecule has 0 aliphatic heterocycles. The lowest BCUT2D eigenvalue weighted by Gasteiger charge is -2.04. The molecule has 0 radical (unpaired) electrons. The third-order valence-corrected chi connectivity index (χ3v) is 2.47. The first kappa shape index (κ1) is 9.92. The lowest BCUT2D eigenvalue weighted by molar-refractivity contribution is -0.117. The van der Waals surface area contributed by atoms with Gasteiger partial charge in [-0.05, 0) is 24.0 Å². The minimum Gasteiger partial charge on any atom is -0.398 e. The van der Waals surface area contributed by atoms with Crippen LogP contribution in [0.1, 0.15) is 5.56 Å². The van der Waals surface area contributed by atoms with Crippen LogP contribution in [0.3, 0.4) is 0 Å². The zero-order valence-electron chi connectivity index (χ0n) is 7.41. The van der Waals surface area contributed by atoms with Crippen molar-refractivity contribution in [1.29, 1.82) is 0 Å². The largest absolute Gasteiger partial charge is 0.398 e. The van der Waals surface area contributed by atoms with Crippen molar-refractivity contribution >= 4 is 23.4 Å². The second kappa shape index (κ2) is 4.18. The van der Waals surface area contributed by atoms with Gasteiger partial charge in [0.2, 0.25) is 5.91 Å². The van der Waals surface area contributed by atoms with Gasteiger partial charge in [-0.3, -0.25) is 4.79 Å². The average Bonchev–Trinajstić information content (AvgIpc) is 2.07. The van der Waals surface area contributed by atoms with Crippen LogP contribution in [0.25, 0.3) is 0 Å². The molecule has 0 spiro atoms. The highest BCUT2D eigenvalue weighted by Gasteiger charge is 2.02. The van der Waals surface area contributed by atoms with Crippen molar-refractivity contribution in [2.24, 2.45) is 5.73 Å². The van der Waals surface area contributed by atoms with Crippen molar-refractivity contribution in [3.63, 3.8) is 0 Å². The van der Waals surface area contributed by atoms with E-state index in [1.807, 2.05) is 18.4 Å². The van der Waals surface area contributed by atoms with Crippen molar-refractivity contribution in [3.05, 3.63) is 23.8 Å². The Morgan fingerprint density at radius 3 is 2.77 bits per heavy atom. The summed E-state index contributed by atoms with van der Waals surface area (Å²) in [5, 5.41) is 0. The van der Waals surface area contributed by atoms with Crippen molar-refractivity contribution in [2.45, 2.75) is 11.3 Å². The van der Waals surface area contributed by atoms with E-state index in [-0.39, 0.29) is 12.3 Å². The molecular weight excluding hydrogens is 184 g/mol. The molecule has 0 bridgehead atoms. The minimum absolute atomic E-state index is 0.272. The number of primary amides is 1. The predicted octanol–water partition coefficient (Wildman–Crippen LogP) is 1.02. The smallest absolute Gasteiger partial charge is 0.221 e. The molecule has 0 heterocycles. The molecule has 1 aromatic rings. The van der Waals surface area contributed by atoms with E-state index in [2.05, 4.69) is 0 Å². The SMILES string of the molecule is CSc1cc(CC(N)=O)ccc1N. The van der Waals surface area contributed by atoms with Crippen LogP contribution in [0.2, 0.25) is 0 Å². The number of carbonyl (C=O) groups excluding carboxylic acids is 1. The van der Waals surface area contributed by atoms with Gasteiger partial charge in [-0.1, -0.05) is 6.07 Å². The molecule has 0 fully saturated rings. The normalized spacial score (nSPS) is 9.92. The molecule has 0 aromatic heterocycles. The van der Waals surface area contributed by atoms with Crippen LogP contribution in [0, 0.1) is 0 Å². The summed E-state index contributed by atoms with van der Waals surface area (Å²) < 4.78 is 0. The molecule has 0 unspecified atom stereocenters. The maximum Gasteiger partial charge on any atom is 0.221 e. The monoisotopic (exact) mass is 196 g/mol. The lowest BCUT2D eigenvalue weighted by atomic mass is 10.1. The van der Waals surface area contributed by atoms with Gasteiger partial charge in [0.25, 0.3) is 0 Å². The van der Waals surface area contributed by atoms with E-state index in [9.17, 15) is 4.79 Å². The second-order valence-corrected chi connectivity index (χ2v) is 3.57. The highest BCUT2D eigenvalue weighted by Crippen LogP contribution is 2.23. The van der Waals surface area contributed by atoms with Crippen LogP contribution in [-0.4, -0.2) is 12.2 Å². The first-order valence-electron chi connectivity index (χ1n) is 3.84. The number of hydrogen-bond donors (Lipinski definition) is 2. The number of nitrogens with two attached hydrogens (primary N) is 2. The minimum atomic E-state index is -0.322. The summed E-state index contributed by atoms with van der Waals surface area (Å²) in [5.41, 5.74) is 12.4. The number of rotatable bonds is 3. The molecule has 1 amide bonds. The van der Waals surface area contributed by atoms with Crippen LogP contribution >= 0.6 is 11.8 Å². The third kappa shape index (κ3) is 2.66. The Labute approximate surface area is 81.5 Å². The van der Waals surface area contributed by atoms with Crippen molar-refractivity contribution in [2.75, 3.05) is 12.0 Å². The van der Waals surface area contributed by atoms with Gasteiger partial charge in [-0.2, -0.15) is 0 Å². The fourth-order valence-electron chi connectivity index (χ4n) is 1.07. The number of amides is 1. The predicted molar refractivity (Wildman–Crippen MR) is 55.5 cm³/mol. The second-order valence-electron chi connectivity index (χ2n) is 2.72. The van der Waals surface area contributed by atoms with Crippen LogP contribution in [0.4, 0.5) is 5.69 Å². The van der Waals surface area contributed by atoms with Gasteiger partial charge in [0.05, 0.1) is 6.42 Å². The Bertz CT molecular complexity index is 325. The molecule has 3 nitrogen and oxygen atoms in total. The third-order valence-electron chi connectivity index (χ3n) is 1.68. The Morgan fingerprint density at radius 1 is 1.54 bits per heavy atom. The van der Waals surface area contributed by atoms with Gasteiger partial charge >= 0.3 is 0 Å². The molecule has 0 atom stereocenters. The van der Waals surface area contributed by atoms with Crippen LogP contribution in [-0.2, 0) is 11.2 Å². The van der Waals surface area contributed by atoms with Gasteiger partial charge in [-0.25, -0.2) is 0 Å². The van der Waals surface area contributed by atoms with E-state index in [4.69, 9.17) is 11.5 Å². The quantitative estimate of drug-likeness (QED) is 0.560. The fourth-order valence-corrected chi connectivity index (χ4v) is 1.64. The molecular formula is C9H12N2OS. The Morgan fingerprint density at radius 2 is 2.23 bits per heavy atom. The van der Waals surface area contributed by atoms with Crippen LogP contribution in [0.5, 0.6) is 0 Å².